The number of aryl methyl sites for hydroxylation is 2. The highest BCUT2D eigenvalue weighted by molar-refractivity contribution is 5.73. The lowest BCUT2D eigenvalue weighted by molar-refractivity contribution is 1.04. The quantitative estimate of drug-likeness (QED) is 0.779. The second-order valence-corrected chi connectivity index (χ2v) is 5.08. The van der Waals surface area contributed by atoms with E-state index in [1.54, 1.807) is 0 Å². The molecule has 0 atom stereocenters. The Bertz CT molecular complexity index is 730. The molecule has 0 aliphatic rings. The maximum atomic E-state index is 4.61. The fourth-order valence-electron chi connectivity index (χ4n) is 2.35. The summed E-state index contributed by atoms with van der Waals surface area (Å²) in [5, 5.41) is 3.40. The Kier molecular flexibility index (Phi) is 3.33. The molecule has 3 heteroatoms. The van der Waals surface area contributed by atoms with Crippen LogP contribution in [0.4, 0.5) is 5.69 Å². The lowest BCUT2D eigenvalue weighted by Crippen LogP contribution is -2.03. The van der Waals surface area contributed by atoms with Gasteiger partial charge in [-0.2, -0.15) is 0 Å². The van der Waals surface area contributed by atoms with Gasteiger partial charge in [-0.25, -0.2) is 4.98 Å². The van der Waals surface area contributed by atoms with Gasteiger partial charge in [0, 0.05) is 5.69 Å². The van der Waals surface area contributed by atoms with Crippen LogP contribution in [-0.2, 0) is 6.54 Å². The average Bonchev–Trinajstić information content (AvgIpc) is 2.44. The van der Waals surface area contributed by atoms with Gasteiger partial charge in [0.2, 0.25) is 0 Å². The number of fused-ring (bicyclic) bond motifs is 1. The van der Waals surface area contributed by atoms with Gasteiger partial charge in [0.25, 0.3) is 0 Å². The van der Waals surface area contributed by atoms with Crippen molar-refractivity contribution < 1.29 is 0 Å². The summed E-state index contributed by atoms with van der Waals surface area (Å²) in [6, 6.07) is 14.4. The topological polar surface area (TPSA) is 37.8 Å². The van der Waals surface area contributed by atoms with Gasteiger partial charge in [-0.1, -0.05) is 18.2 Å². The van der Waals surface area contributed by atoms with Gasteiger partial charge in [-0.3, -0.25) is 4.98 Å². The summed E-state index contributed by atoms with van der Waals surface area (Å²) in [5.74, 6) is 0. The van der Waals surface area contributed by atoms with Crippen molar-refractivity contribution in [3.8, 4) is 0 Å². The van der Waals surface area contributed by atoms with Crippen LogP contribution < -0.4 is 5.32 Å². The number of aromatic nitrogens is 2. The molecular formula is C17H17N3. The molecule has 2 aromatic carbocycles. The molecule has 0 bridgehead atoms. The van der Waals surface area contributed by atoms with Crippen molar-refractivity contribution in [2.24, 2.45) is 0 Å². The van der Waals surface area contributed by atoms with Crippen molar-refractivity contribution in [2.45, 2.75) is 20.4 Å². The minimum absolute atomic E-state index is 0.681. The normalized spacial score (nSPS) is 10.7. The number of nitrogens with one attached hydrogen (secondary N) is 1. The molecule has 0 amide bonds. The monoisotopic (exact) mass is 263 g/mol. The van der Waals surface area contributed by atoms with E-state index in [1.807, 2.05) is 30.5 Å². The lowest BCUT2D eigenvalue weighted by atomic mass is 10.1. The highest BCUT2D eigenvalue weighted by Gasteiger charge is 2.00. The third-order valence-electron chi connectivity index (χ3n) is 3.19. The SMILES string of the molecule is Cc1cc(C)cc(NCc2cnc3ccccc3n2)c1. The second-order valence-electron chi connectivity index (χ2n) is 5.08. The summed E-state index contributed by atoms with van der Waals surface area (Å²) in [5.41, 5.74) is 6.46. The predicted molar refractivity (Wildman–Crippen MR) is 82.8 cm³/mol. The van der Waals surface area contributed by atoms with Crippen molar-refractivity contribution in [2.75, 3.05) is 5.32 Å². The molecule has 1 aromatic heterocycles. The third kappa shape index (κ3) is 2.77. The number of benzene rings is 2. The summed E-state index contributed by atoms with van der Waals surface area (Å²) in [6.07, 6.45) is 1.83. The van der Waals surface area contributed by atoms with E-state index < -0.39 is 0 Å². The molecule has 0 fully saturated rings. The molecule has 0 aliphatic heterocycles. The molecule has 1 N–H and O–H groups in total. The zero-order chi connectivity index (χ0) is 13.9. The average molecular weight is 263 g/mol. The van der Waals surface area contributed by atoms with E-state index in [2.05, 4.69) is 47.3 Å². The van der Waals surface area contributed by atoms with Gasteiger partial charge in [-0.15, -0.1) is 0 Å². The van der Waals surface area contributed by atoms with Crippen LogP contribution >= 0.6 is 0 Å². The fraction of sp³-hybridized carbons (Fsp3) is 0.176. The molecule has 20 heavy (non-hydrogen) atoms. The van der Waals surface area contributed by atoms with E-state index in [9.17, 15) is 0 Å². The Hall–Kier alpha value is -2.42. The van der Waals surface area contributed by atoms with Gasteiger partial charge >= 0.3 is 0 Å². The highest BCUT2D eigenvalue weighted by Crippen LogP contribution is 2.15. The van der Waals surface area contributed by atoms with Crippen molar-refractivity contribution in [3.05, 3.63) is 65.5 Å². The first kappa shape index (κ1) is 12.6. The van der Waals surface area contributed by atoms with E-state index in [0.717, 1.165) is 22.4 Å². The van der Waals surface area contributed by atoms with Crippen LogP contribution in [0.15, 0.2) is 48.7 Å². The highest BCUT2D eigenvalue weighted by atomic mass is 14.9. The summed E-state index contributed by atoms with van der Waals surface area (Å²) in [6.45, 7) is 4.89. The van der Waals surface area contributed by atoms with Crippen LogP contribution in [0, 0.1) is 13.8 Å². The molecule has 0 unspecified atom stereocenters. The van der Waals surface area contributed by atoms with Gasteiger partial charge in [0.05, 0.1) is 29.5 Å². The van der Waals surface area contributed by atoms with Gasteiger partial charge in [0.1, 0.15) is 0 Å². The molecule has 0 saturated heterocycles. The van der Waals surface area contributed by atoms with Gasteiger partial charge in [-0.05, 0) is 49.2 Å². The smallest absolute Gasteiger partial charge is 0.0890 e. The third-order valence-corrected chi connectivity index (χ3v) is 3.19. The van der Waals surface area contributed by atoms with Crippen LogP contribution in [0.5, 0.6) is 0 Å². The van der Waals surface area contributed by atoms with E-state index >= 15 is 0 Å². The number of para-hydroxylation sites is 2. The van der Waals surface area contributed by atoms with E-state index in [-0.39, 0.29) is 0 Å². The number of rotatable bonds is 3. The van der Waals surface area contributed by atoms with Crippen molar-refractivity contribution >= 4 is 16.7 Å². The zero-order valence-electron chi connectivity index (χ0n) is 11.7. The van der Waals surface area contributed by atoms with E-state index in [1.165, 1.54) is 11.1 Å². The number of hydrogen-bond donors (Lipinski definition) is 1. The maximum absolute atomic E-state index is 4.61. The van der Waals surface area contributed by atoms with Crippen molar-refractivity contribution in [1.29, 1.82) is 0 Å². The van der Waals surface area contributed by atoms with Crippen LogP contribution in [0.1, 0.15) is 16.8 Å². The molecular weight excluding hydrogens is 246 g/mol. The number of anilines is 1. The van der Waals surface area contributed by atoms with Crippen LogP contribution in [-0.4, -0.2) is 9.97 Å². The van der Waals surface area contributed by atoms with Crippen LogP contribution in [0.25, 0.3) is 11.0 Å². The van der Waals surface area contributed by atoms with Gasteiger partial charge in [0.15, 0.2) is 0 Å². The Morgan fingerprint density at radius 2 is 1.65 bits per heavy atom. The molecule has 3 aromatic rings. The Morgan fingerprint density at radius 3 is 2.40 bits per heavy atom. The molecule has 0 spiro atoms. The Balaban J connectivity index is 1.79. The van der Waals surface area contributed by atoms with Crippen LogP contribution in [0.2, 0.25) is 0 Å². The summed E-state index contributed by atoms with van der Waals surface area (Å²) in [7, 11) is 0. The first-order valence-electron chi connectivity index (χ1n) is 6.73. The summed E-state index contributed by atoms with van der Waals surface area (Å²) in [4.78, 5) is 9.04. The van der Waals surface area contributed by atoms with Gasteiger partial charge < -0.3 is 5.32 Å². The molecule has 3 rings (SSSR count). The summed E-state index contributed by atoms with van der Waals surface area (Å²) >= 11 is 0. The minimum Gasteiger partial charge on any atom is -0.379 e. The Morgan fingerprint density at radius 1 is 0.950 bits per heavy atom. The first-order valence-corrected chi connectivity index (χ1v) is 6.73. The summed E-state index contributed by atoms with van der Waals surface area (Å²) < 4.78 is 0. The van der Waals surface area contributed by atoms with Crippen molar-refractivity contribution in [1.82, 2.24) is 9.97 Å². The number of hydrogen-bond acceptors (Lipinski definition) is 3. The lowest BCUT2D eigenvalue weighted by Gasteiger charge is -2.08. The minimum atomic E-state index is 0.681. The van der Waals surface area contributed by atoms with Crippen LogP contribution in [0.3, 0.4) is 0 Å². The molecule has 100 valence electrons. The molecule has 0 saturated carbocycles. The zero-order valence-corrected chi connectivity index (χ0v) is 11.7. The molecule has 0 aliphatic carbocycles. The number of nitrogens with zero attached hydrogens (tertiary/aromatic N) is 2. The molecule has 3 nitrogen and oxygen atoms in total. The fourth-order valence-corrected chi connectivity index (χ4v) is 2.35. The predicted octanol–water partition coefficient (Wildman–Crippen LogP) is 3.86. The first-order chi connectivity index (χ1) is 9.70. The largest absolute Gasteiger partial charge is 0.379 e. The van der Waals surface area contributed by atoms with E-state index in [4.69, 9.17) is 0 Å². The molecule has 1 heterocycles. The molecule has 0 radical (unpaired) electrons. The van der Waals surface area contributed by atoms with E-state index in [0.29, 0.717) is 6.54 Å². The second kappa shape index (κ2) is 5.29. The van der Waals surface area contributed by atoms with Crippen molar-refractivity contribution in [3.63, 3.8) is 0 Å². The standard InChI is InChI=1S/C17H17N3/c1-12-7-13(2)9-14(8-12)18-10-15-11-19-16-5-3-4-6-17(16)20-15/h3-9,11,18H,10H2,1-2H3. The maximum Gasteiger partial charge on any atom is 0.0890 e. The Labute approximate surface area is 118 Å².